The van der Waals surface area contributed by atoms with E-state index in [9.17, 15) is 14.4 Å². The van der Waals surface area contributed by atoms with Crippen LogP contribution < -0.4 is 25.5 Å². The van der Waals surface area contributed by atoms with Crippen LogP contribution in [0.25, 0.3) is 0 Å². The molecule has 3 N–H and O–H groups in total. The first kappa shape index (κ1) is 25.0. The number of amides is 3. The molecule has 0 aliphatic carbocycles. The van der Waals surface area contributed by atoms with Crippen LogP contribution in [0.5, 0.6) is 11.5 Å². The summed E-state index contributed by atoms with van der Waals surface area (Å²) in [5.41, 5.74) is 4.59. The number of benzene rings is 2. The number of hydrogen-bond acceptors (Lipinski definition) is 7. The van der Waals surface area contributed by atoms with Gasteiger partial charge in [0, 0.05) is 5.69 Å². The summed E-state index contributed by atoms with van der Waals surface area (Å²) in [5, 5.41) is 8.96. The standard InChI is InChI=1S/C25H26N4O6/c1-3-17-6-9-19(10-7-17)28-23(30)16-35-21-11-8-18(13-22(21)33-2)14-27-29-25(32)24(31)26-15-20-5-4-12-34-20/h4-14H,3,15-16H2,1-2H3,(H,26,31)(H,28,30)(H,29,32)/b27-14-. The van der Waals surface area contributed by atoms with Crippen LogP contribution in [-0.4, -0.2) is 37.7 Å². The molecule has 3 aromatic rings. The highest BCUT2D eigenvalue weighted by atomic mass is 16.5. The molecular weight excluding hydrogens is 452 g/mol. The van der Waals surface area contributed by atoms with Gasteiger partial charge in [0.05, 0.1) is 26.1 Å². The maximum absolute atomic E-state index is 12.2. The van der Waals surface area contributed by atoms with Gasteiger partial charge < -0.3 is 24.5 Å². The van der Waals surface area contributed by atoms with Gasteiger partial charge in [-0.15, -0.1) is 0 Å². The number of hydrazone groups is 1. The van der Waals surface area contributed by atoms with Crippen molar-refractivity contribution in [3.63, 3.8) is 0 Å². The molecule has 0 radical (unpaired) electrons. The number of anilines is 1. The topological polar surface area (TPSA) is 131 Å². The highest BCUT2D eigenvalue weighted by molar-refractivity contribution is 6.35. The smallest absolute Gasteiger partial charge is 0.329 e. The lowest BCUT2D eigenvalue weighted by atomic mass is 10.1. The van der Waals surface area contributed by atoms with Gasteiger partial charge in [-0.2, -0.15) is 5.10 Å². The highest BCUT2D eigenvalue weighted by Gasteiger charge is 2.13. The zero-order valence-electron chi connectivity index (χ0n) is 19.4. The maximum Gasteiger partial charge on any atom is 0.329 e. The molecule has 0 fully saturated rings. The summed E-state index contributed by atoms with van der Waals surface area (Å²) >= 11 is 0. The van der Waals surface area contributed by atoms with Gasteiger partial charge in [0.25, 0.3) is 5.91 Å². The van der Waals surface area contributed by atoms with Crippen molar-refractivity contribution in [2.45, 2.75) is 19.9 Å². The van der Waals surface area contributed by atoms with Crippen molar-refractivity contribution in [3.8, 4) is 11.5 Å². The zero-order valence-corrected chi connectivity index (χ0v) is 19.4. The van der Waals surface area contributed by atoms with Gasteiger partial charge in [-0.25, -0.2) is 5.43 Å². The minimum absolute atomic E-state index is 0.0881. The summed E-state index contributed by atoms with van der Waals surface area (Å²) < 4.78 is 16.0. The summed E-state index contributed by atoms with van der Waals surface area (Å²) in [5.74, 6) is -0.823. The third-order valence-corrected chi connectivity index (χ3v) is 4.78. The Balaban J connectivity index is 1.48. The molecule has 0 spiro atoms. The molecule has 0 saturated carbocycles. The van der Waals surface area contributed by atoms with Gasteiger partial charge in [0.1, 0.15) is 5.76 Å². The van der Waals surface area contributed by atoms with Crippen LogP contribution >= 0.6 is 0 Å². The Labute approximate surface area is 202 Å². The van der Waals surface area contributed by atoms with Crippen LogP contribution in [0.4, 0.5) is 5.69 Å². The maximum atomic E-state index is 12.2. The van der Waals surface area contributed by atoms with E-state index in [1.165, 1.54) is 25.2 Å². The van der Waals surface area contributed by atoms with Crippen molar-refractivity contribution < 1.29 is 28.3 Å². The molecular formula is C25H26N4O6. The second-order valence-corrected chi connectivity index (χ2v) is 7.26. The molecule has 3 rings (SSSR count). The first-order chi connectivity index (χ1) is 17.0. The average molecular weight is 479 g/mol. The Morgan fingerprint density at radius 1 is 1.03 bits per heavy atom. The number of nitrogens with one attached hydrogen (secondary N) is 3. The van der Waals surface area contributed by atoms with Gasteiger partial charge in [0.2, 0.25) is 0 Å². The Bertz CT molecular complexity index is 1170. The molecule has 10 nitrogen and oxygen atoms in total. The SMILES string of the molecule is CCc1ccc(NC(=O)COc2ccc(/C=N\NC(=O)C(=O)NCc3ccco3)cc2OC)cc1. The third kappa shape index (κ3) is 7.74. The van der Waals surface area contributed by atoms with Crippen molar-refractivity contribution in [1.29, 1.82) is 0 Å². The number of carbonyl (C=O) groups is 3. The molecule has 35 heavy (non-hydrogen) atoms. The van der Waals surface area contributed by atoms with E-state index in [-0.39, 0.29) is 19.1 Å². The Morgan fingerprint density at radius 3 is 2.51 bits per heavy atom. The molecule has 1 aromatic heterocycles. The molecule has 3 amide bonds. The number of ether oxygens (including phenoxy) is 2. The van der Waals surface area contributed by atoms with Crippen molar-refractivity contribution in [2.24, 2.45) is 5.10 Å². The lowest BCUT2D eigenvalue weighted by molar-refractivity contribution is -0.139. The van der Waals surface area contributed by atoms with Crippen molar-refractivity contribution >= 4 is 29.6 Å². The first-order valence-electron chi connectivity index (χ1n) is 10.8. The summed E-state index contributed by atoms with van der Waals surface area (Å²) in [6.45, 7) is 1.94. The second-order valence-electron chi connectivity index (χ2n) is 7.26. The van der Waals surface area contributed by atoms with Crippen molar-refractivity contribution in [1.82, 2.24) is 10.7 Å². The third-order valence-electron chi connectivity index (χ3n) is 4.78. The quantitative estimate of drug-likeness (QED) is 0.233. The number of methoxy groups -OCH3 is 1. The summed E-state index contributed by atoms with van der Waals surface area (Å²) in [4.78, 5) is 35.8. The fraction of sp³-hybridized carbons (Fsp3) is 0.200. The zero-order chi connectivity index (χ0) is 25.0. The lowest BCUT2D eigenvalue weighted by Crippen LogP contribution is -2.37. The van der Waals surface area contributed by atoms with Crippen molar-refractivity contribution in [3.05, 3.63) is 77.7 Å². The largest absolute Gasteiger partial charge is 0.493 e. The monoisotopic (exact) mass is 478 g/mol. The van der Waals surface area contributed by atoms with Crippen LogP contribution in [0, 0.1) is 0 Å². The van der Waals surface area contributed by atoms with Gasteiger partial charge in [-0.1, -0.05) is 19.1 Å². The number of carbonyl (C=O) groups excluding carboxylic acids is 3. The van der Waals surface area contributed by atoms with E-state index in [4.69, 9.17) is 13.9 Å². The number of furan rings is 1. The molecule has 0 saturated heterocycles. The normalized spacial score (nSPS) is 10.6. The number of rotatable bonds is 10. The van der Waals surface area contributed by atoms with Gasteiger partial charge in [-0.05, 0) is 60.0 Å². The summed E-state index contributed by atoms with van der Waals surface area (Å²) in [7, 11) is 1.46. The predicted octanol–water partition coefficient (Wildman–Crippen LogP) is 2.63. The number of aryl methyl sites for hydroxylation is 1. The molecule has 0 aliphatic heterocycles. The first-order valence-corrected chi connectivity index (χ1v) is 10.8. The van der Waals surface area contributed by atoms with Gasteiger partial charge >= 0.3 is 11.8 Å². The van der Waals surface area contributed by atoms with Crippen molar-refractivity contribution in [2.75, 3.05) is 19.0 Å². The van der Waals surface area contributed by atoms with Crippen LogP contribution in [0.3, 0.4) is 0 Å². The van der Waals surface area contributed by atoms with Crippen LogP contribution in [0.2, 0.25) is 0 Å². The molecule has 2 aromatic carbocycles. The molecule has 0 atom stereocenters. The Hall–Kier alpha value is -4.60. The summed E-state index contributed by atoms with van der Waals surface area (Å²) in [6, 6.07) is 15.8. The lowest BCUT2D eigenvalue weighted by Gasteiger charge is -2.11. The van der Waals surface area contributed by atoms with Crippen LogP contribution in [0.15, 0.2) is 70.4 Å². The van der Waals surface area contributed by atoms with E-state index in [1.54, 1.807) is 30.3 Å². The molecule has 0 unspecified atom stereocenters. The fourth-order valence-corrected chi connectivity index (χ4v) is 2.92. The van der Waals surface area contributed by atoms with E-state index in [0.29, 0.717) is 28.5 Å². The molecule has 1 heterocycles. The van der Waals surface area contributed by atoms with Gasteiger partial charge in [-0.3, -0.25) is 14.4 Å². The molecule has 0 bridgehead atoms. The minimum atomic E-state index is -0.921. The average Bonchev–Trinajstić information content (AvgIpc) is 3.40. The highest BCUT2D eigenvalue weighted by Crippen LogP contribution is 2.27. The van der Waals surface area contributed by atoms with E-state index in [2.05, 4.69) is 28.1 Å². The van der Waals surface area contributed by atoms with E-state index < -0.39 is 11.8 Å². The van der Waals surface area contributed by atoms with E-state index in [1.807, 2.05) is 24.3 Å². The Morgan fingerprint density at radius 2 is 1.83 bits per heavy atom. The molecule has 0 aliphatic rings. The predicted molar refractivity (Wildman–Crippen MR) is 129 cm³/mol. The van der Waals surface area contributed by atoms with Crippen LogP contribution in [0.1, 0.15) is 23.8 Å². The fourth-order valence-electron chi connectivity index (χ4n) is 2.92. The summed E-state index contributed by atoms with van der Waals surface area (Å²) in [6.07, 6.45) is 3.74. The number of nitrogens with zero attached hydrogens (tertiary/aromatic N) is 1. The van der Waals surface area contributed by atoms with Crippen LogP contribution in [-0.2, 0) is 27.3 Å². The Kier molecular flexibility index (Phi) is 9.00. The van der Waals surface area contributed by atoms with Gasteiger partial charge in [0.15, 0.2) is 18.1 Å². The number of hydrogen-bond donors (Lipinski definition) is 3. The minimum Gasteiger partial charge on any atom is -0.493 e. The molecule has 10 heteroatoms. The molecule has 182 valence electrons. The van der Waals surface area contributed by atoms with E-state index in [0.717, 1.165) is 6.42 Å². The second kappa shape index (κ2) is 12.6. The van der Waals surface area contributed by atoms with E-state index >= 15 is 0 Å².